The maximum absolute atomic E-state index is 13.7. The lowest BCUT2D eigenvalue weighted by atomic mass is 9.75. The summed E-state index contributed by atoms with van der Waals surface area (Å²) in [6.45, 7) is 21.2. The average Bonchev–Trinajstić information content (AvgIpc) is 3.26. The van der Waals surface area contributed by atoms with Crippen LogP contribution in [0.3, 0.4) is 0 Å². The Morgan fingerprint density at radius 1 is 0.765 bits per heavy atom. The molecule has 177 valence electrons. The molecule has 0 bridgehead atoms. The van der Waals surface area contributed by atoms with E-state index >= 15 is 0 Å². The summed E-state index contributed by atoms with van der Waals surface area (Å²) in [5.41, 5.74) is 2.24. The third-order valence-electron chi connectivity index (χ3n) is 6.07. The van der Waals surface area contributed by atoms with Crippen molar-refractivity contribution in [2.45, 2.75) is 47.6 Å². The molecule has 0 aromatic heterocycles. The molecule has 0 heterocycles. The highest BCUT2D eigenvalue weighted by Gasteiger charge is 2.44. The molecule has 0 atom stereocenters. The van der Waals surface area contributed by atoms with Gasteiger partial charge in [0.15, 0.2) is 0 Å². The van der Waals surface area contributed by atoms with E-state index < -0.39 is 14.0 Å². The SMILES string of the molecule is C=C(C(OC(=O)[C]1[CH][CH][CH][C]1P(c1ccccc1)c1ccccc1)C(=C)C(C)(C)C)C(C)(C)C. The Labute approximate surface area is 208 Å². The van der Waals surface area contributed by atoms with E-state index in [0.29, 0.717) is 5.92 Å². The molecule has 1 fully saturated rings. The molecule has 34 heavy (non-hydrogen) atoms. The second-order valence-corrected chi connectivity index (χ2v) is 12.9. The largest absolute Gasteiger partial charge is 0.453 e. The third kappa shape index (κ3) is 6.08. The number of carbonyl (C=O) groups is 1. The number of carbonyl (C=O) groups excluding carboxylic acids is 1. The number of hydrogen-bond acceptors (Lipinski definition) is 2. The van der Waals surface area contributed by atoms with E-state index in [0.717, 1.165) is 16.8 Å². The van der Waals surface area contributed by atoms with Crippen LogP contribution in [0.4, 0.5) is 0 Å². The molecule has 0 unspecified atom stereocenters. The van der Waals surface area contributed by atoms with E-state index in [9.17, 15) is 4.79 Å². The highest BCUT2D eigenvalue weighted by Crippen LogP contribution is 2.56. The zero-order valence-electron chi connectivity index (χ0n) is 21.3. The summed E-state index contributed by atoms with van der Waals surface area (Å²) in [4.78, 5) is 13.7. The zero-order valence-corrected chi connectivity index (χ0v) is 22.2. The quantitative estimate of drug-likeness (QED) is 0.248. The summed E-state index contributed by atoms with van der Waals surface area (Å²) in [7, 11) is -0.909. The van der Waals surface area contributed by atoms with Gasteiger partial charge in [0, 0.05) is 5.66 Å². The molecular weight excluding hydrogens is 435 g/mol. The first-order chi connectivity index (χ1) is 15.9. The summed E-state index contributed by atoms with van der Waals surface area (Å²) >= 11 is 0. The standard InChI is InChI=1S/C31H36O2P/c1-22(30(3,4)5)28(23(2)31(6,7)8)33-29(32)26-20-15-21-27(26)34(24-16-11-9-12-17-24)25-18-13-10-14-19-25/h9-21,28H,1-2H2,3-8H3. The predicted octanol–water partition coefficient (Wildman–Crippen LogP) is 6.97. The van der Waals surface area contributed by atoms with Crippen molar-refractivity contribution in [2.75, 3.05) is 0 Å². The summed E-state index contributed by atoms with van der Waals surface area (Å²) in [6, 6.07) is 20.7. The molecule has 2 aromatic carbocycles. The van der Waals surface area contributed by atoms with Gasteiger partial charge in [-0.15, -0.1) is 0 Å². The molecule has 3 rings (SSSR count). The van der Waals surface area contributed by atoms with Crippen LogP contribution in [-0.2, 0) is 9.53 Å². The lowest BCUT2D eigenvalue weighted by Gasteiger charge is -2.36. The van der Waals surface area contributed by atoms with Crippen molar-refractivity contribution in [3.8, 4) is 0 Å². The maximum Gasteiger partial charge on any atom is 0.315 e. The first kappa shape index (κ1) is 26.4. The van der Waals surface area contributed by atoms with E-state index in [2.05, 4.69) is 85.4 Å². The molecule has 0 aliphatic heterocycles. The van der Waals surface area contributed by atoms with Gasteiger partial charge in [0.05, 0.1) is 0 Å². The minimum Gasteiger partial charge on any atom is -0.453 e. The molecule has 1 aliphatic rings. The normalized spacial score (nSPS) is 15.6. The van der Waals surface area contributed by atoms with Gasteiger partial charge in [-0.3, -0.25) is 4.79 Å². The molecule has 1 aliphatic carbocycles. The van der Waals surface area contributed by atoms with Crippen LogP contribution in [0.2, 0.25) is 0 Å². The number of rotatable bonds is 7. The van der Waals surface area contributed by atoms with Crippen molar-refractivity contribution in [3.63, 3.8) is 0 Å². The van der Waals surface area contributed by atoms with Crippen molar-refractivity contribution in [2.24, 2.45) is 10.8 Å². The average molecular weight is 472 g/mol. The summed E-state index contributed by atoms with van der Waals surface area (Å²) < 4.78 is 6.21. The molecule has 2 aromatic rings. The Morgan fingerprint density at radius 2 is 1.21 bits per heavy atom. The Kier molecular flexibility index (Phi) is 8.25. The number of ether oxygens (including phenoxy) is 1. The number of esters is 1. The van der Waals surface area contributed by atoms with Crippen LogP contribution in [0, 0.1) is 41.7 Å². The molecule has 3 heteroatoms. The zero-order chi connectivity index (χ0) is 25.1. The summed E-state index contributed by atoms with van der Waals surface area (Å²) in [6.07, 6.45) is 5.30. The first-order valence-electron chi connectivity index (χ1n) is 11.7. The second kappa shape index (κ2) is 10.6. The lowest BCUT2D eigenvalue weighted by molar-refractivity contribution is -0.143. The highest BCUT2D eigenvalue weighted by molar-refractivity contribution is 7.76. The van der Waals surface area contributed by atoms with Gasteiger partial charge < -0.3 is 4.74 Å². The van der Waals surface area contributed by atoms with E-state index in [1.165, 1.54) is 10.6 Å². The second-order valence-electron chi connectivity index (χ2n) is 10.7. The molecule has 0 saturated heterocycles. The van der Waals surface area contributed by atoms with Crippen LogP contribution >= 0.6 is 7.92 Å². The number of hydrogen-bond donors (Lipinski definition) is 0. The van der Waals surface area contributed by atoms with E-state index in [1.807, 2.05) is 49.2 Å². The van der Waals surface area contributed by atoms with Crippen molar-refractivity contribution in [1.29, 1.82) is 0 Å². The van der Waals surface area contributed by atoms with E-state index in [1.54, 1.807) is 0 Å². The van der Waals surface area contributed by atoms with Gasteiger partial charge in [-0.1, -0.05) is 115 Å². The van der Waals surface area contributed by atoms with Gasteiger partial charge >= 0.3 is 5.97 Å². The van der Waals surface area contributed by atoms with Crippen molar-refractivity contribution >= 4 is 24.5 Å². The fourth-order valence-corrected chi connectivity index (χ4v) is 6.11. The van der Waals surface area contributed by atoms with Crippen LogP contribution in [-0.4, -0.2) is 12.1 Å². The highest BCUT2D eigenvalue weighted by atomic mass is 31.1. The van der Waals surface area contributed by atoms with Crippen molar-refractivity contribution in [3.05, 3.63) is 116 Å². The maximum atomic E-state index is 13.7. The van der Waals surface area contributed by atoms with Crippen LogP contribution in [0.5, 0.6) is 0 Å². The minimum atomic E-state index is -0.909. The van der Waals surface area contributed by atoms with Gasteiger partial charge in [-0.25, -0.2) is 0 Å². The Bertz CT molecular complexity index is 930. The van der Waals surface area contributed by atoms with Gasteiger partial charge in [0.2, 0.25) is 0 Å². The Balaban J connectivity index is 1.93. The molecule has 0 spiro atoms. The summed E-state index contributed by atoms with van der Waals surface area (Å²) in [5.74, 6) is 0.271. The molecule has 1 saturated carbocycles. The van der Waals surface area contributed by atoms with Crippen LogP contribution in [0.1, 0.15) is 41.5 Å². The fourth-order valence-electron chi connectivity index (χ4n) is 3.67. The topological polar surface area (TPSA) is 26.3 Å². The van der Waals surface area contributed by atoms with Gasteiger partial charge in [0.25, 0.3) is 0 Å². The molecule has 2 nitrogen and oxygen atoms in total. The Morgan fingerprint density at radius 3 is 1.62 bits per heavy atom. The van der Waals surface area contributed by atoms with Crippen molar-refractivity contribution < 1.29 is 9.53 Å². The first-order valence-corrected chi connectivity index (χ1v) is 13.0. The van der Waals surface area contributed by atoms with E-state index in [-0.39, 0.29) is 16.8 Å². The third-order valence-corrected chi connectivity index (χ3v) is 8.57. The van der Waals surface area contributed by atoms with Gasteiger partial charge in [-0.05, 0) is 59.8 Å². The van der Waals surface area contributed by atoms with Gasteiger partial charge in [-0.2, -0.15) is 0 Å². The Hall–Kier alpha value is -2.18. The van der Waals surface area contributed by atoms with Crippen molar-refractivity contribution in [1.82, 2.24) is 0 Å². The van der Waals surface area contributed by atoms with Crippen LogP contribution in [0.25, 0.3) is 0 Å². The van der Waals surface area contributed by atoms with Gasteiger partial charge in [0.1, 0.15) is 12.0 Å². The molecule has 0 N–H and O–H groups in total. The smallest absolute Gasteiger partial charge is 0.315 e. The monoisotopic (exact) mass is 471 g/mol. The fraction of sp³-hybridized carbons (Fsp3) is 0.290. The van der Waals surface area contributed by atoms with E-state index in [4.69, 9.17) is 4.74 Å². The van der Waals surface area contributed by atoms with Crippen LogP contribution in [0.15, 0.2) is 85.0 Å². The molecule has 0 amide bonds. The summed E-state index contributed by atoms with van der Waals surface area (Å²) in [5, 5.41) is 2.39. The molecule has 5 radical (unpaired) electrons. The van der Waals surface area contributed by atoms with Crippen LogP contribution < -0.4 is 10.6 Å². The lowest BCUT2D eigenvalue weighted by Crippen LogP contribution is -2.35. The molecular formula is C31H36O2P. The number of benzene rings is 2. The minimum absolute atomic E-state index is 0.227. The predicted molar refractivity (Wildman–Crippen MR) is 146 cm³/mol.